The third-order valence-corrected chi connectivity index (χ3v) is 6.96. The van der Waals surface area contributed by atoms with Gasteiger partial charge < -0.3 is 10.6 Å². The number of rotatable bonds is 5. The molecule has 0 radical (unpaired) electrons. The minimum atomic E-state index is -0.0817. The van der Waals surface area contributed by atoms with Crippen LogP contribution in [0.1, 0.15) is 18.9 Å². The quantitative estimate of drug-likeness (QED) is 0.577. The summed E-state index contributed by atoms with van der Waals surface area (Å²) in [6.45, 7) is 5.64. The minimum Gasteiger partial charge on any atom is -0.349 e. The summed E-state index contributed by atoms with van der Waals surface area (Å²) >= 11 is 1.90. The molecule has 1 amide bonds. The number of carbonyl (C=O) groups excluding carboxylic acids is 1. The number of nitrogens with one attached hydrogen (secondary N) is 4. The van der Waals surface area contributed by atoms with Gasteiger partial charge in [0, 0.05) is 33.2 Å². The molecule has 3 aliphatic heterocycles. The van der Waals surface area contributed by atoms with Gasteiger partial charge in [0.05, 0.1) is 22.8 Å². The molecule has 3 fully saturated rings. The highest BCUT2D eigenvalue weighted by molar-refractivity contribution is 8.00. The van der Waals surface area contributed by atoms with E-state index in [1.165, 1.54) is 5.56 Å². The maximum Gasteiger partial charge on any atom is 0.237 e. The first-order valence-electron chi connectivity index (χ1n) is 9.78. The molecule has 3 aliphatic rings. The predicted octanol–water partition coefficient (Wildman–Crippen LogP) is 0.325. The van der Waals surface area contributed by atoms with E-state index in [9.17, 15) is 4.79 Å². The number of nitrogens with zero attached hydrogens (tertiary/aromatic N) is 2. The van der Waals surface area contributed by atoms with Gasteiger partial charge in [-0.2, -0.15) is 0 Å². The zero-order chi connectivity index (χ0) is 18.8. The summed E-state index contributed by atoms with van der Waals surface area (Å²) in [7, 11) is 2.09. The van der Waals surface area contributed by atoms with Crippen molar-refractivity contribution in [3.63, 3.8) is 0 Å². The topological polar surface area (TPSA) is 71.7 Å². The Labute approximate surface area is 165 Å². The van der Waals surface area contributed by atoms with Gasteiger partial charge in [0.1, 0.15) is 0 Å². The van der Waals surface area contributed by atoms with Crippen LogP contribution >= 0.6 is 11.8 Å². The Morgan fingerprint density at radius 1 is 1.26 bits per heavy atom. The van der Waals surface area contributed by atoms with Gasteiger partial charge in [-0.05, 0) is 24.8 Å². The van der Waals surface area contributed by atoms with Gasteiger partial charge in [0.15, 0.2) is 0 Å². The zero-order valence-corrected chi connectivity index (χ0v) is 16.8. The molecule has 27 heavy (non-hydrogen) atoms. The van der Waals surface area contributed by atoms with E-state index in [1.807, 2.05) is 17.8 Å². The van der Waals surface area contributed by atoms with Crippen LogP contribution in [-0.2, 0) is 11.3 Å². The van der Waals surface area contributed by atoms with Gasteiger partial charge in [0.2, 0.25) is 5.91 Å². The van der Waals surface area contributed by atoms with Crippen molar-refractivity contribution < 1.29 is 4.79 Å². The first kappa shape index (κ1) is 19.2. The van der Waals surface area contributed by atoms with Crippen LogP contribution in [0, 0.1) is 5.92 Å². The maximum atomic E-state index is 12.7. The van der Waals surface area contributed by atoms with Crippen molar-refractivity contribution >= 4 is 17.7 Å². The molecule has 8 heteroatoms. The number of benzene rings is 1. The standard InChI is InChI=1S/C19H30N6OS/c1-13-22-23-19(27-13)15-8-17(20-9-15)18(26)21-16-11-24(2)25(12-16)10-14-6-4-3-5-7-14/h3-7,13,15-17,19-20,22-23H,8-12H2,1-2H3,(H,21,26). The fraction of sp³-hybridized carbons (Fsp3) is 0.632. The summed E-state index contributed by atoms with van der Waals surface area (Å²) in [4.78, 5) is 12.7. The molecule has 0 aromatic heterocycles. The molecule has 5 atom stereocenters. The molecule has 7 nitrogen and oxygen atoms in total. The molecule has 3 saturated heterocycles. The third kappa shape index (κ3) is 4.64. The van der Waals surface area contributed by atoms with E-state index in [0.717, 1.165) is 32.6 Å². The molecular weight excluding hydrogens is 360 g/mol. The van der Waals surface area contributed by atoms with Crippen LogP contribution in [0.2, 0.25) is 0 Å². The van der Waals surface area contributed by atoms with E-state index < -0.39 is 0 Å². The number of amides is 1. The number of hydrogen-bond donors (Lipinski definition) is 4. The first-order valence-corrected chi connectivity index (χ1v) is 10.7. The van der Waals surface area contributed by atoms with Crippen LogP contribution in [0.4, 0.5) is 0 Å². The summed E-state index contributed by atoms with van der Waals surface area (Å²) in [6.07, 6.45) is 0.890. The summed E-state index contributed by atoms with van der Waals surface area (Å²) in [5.41, 5.74) is 7.89. The minimum absolute atomic E-state index is 0.0817. The lowest BCUT2D eigenvalue weighted by molar-refractivity contribution is -0.123. The van der Waals surface area contributed by atoms with Crippen LogP contribution < -0.4 is 21.5 Å². The monoisotopic (exact) mass is 390 g/mol. The average molecular weight is 391 g/mol. The molecular formula is C19H30N6OS. The smallest absolute Gasteiger partial charge is 0.237 e. The Kier molecular flexibility index (Phi) is 6.01. The van der Waals surface area contributed by atoms with Crippen LogP contribution in [-0.4, -0.2) is 65.4 Å². The number of carbonyl (C=O) groups is 1. The van der Waals surface area contributed by atoms with Crippen molar-refractivity contribution in [1.82, 2.24) is 31.5 Å². The van der Waals surface area contributed by atoms with Gasteiger partial charge >= 0.3 is 0 Å². The highest BCUT2D eigenvalue weighted by atomic mass is 32.2. The lowest BCUT2D eigenvalue weighted by atomic mass is 10.0. The molecule has 0 saturated carbocycles. The highest BCUT2D eigenvalue weighted by Crippen LogP contribution is 2.30. The number of hydrazine groups is 2. The van der Waals surface area contributed by atoms with Gasteiger partial charge in [-0.25, -0.2) is 20.9 Å². The molecule has 4 rings (SSSR count). The zero-order valence-electron chi connectivity index (χ0n) is 16.0. The first-order chi connectivity index (χ1) is 13.1. The maximum absolute atomic E-state index is 12.7. The van der Waals surface area contributed by atoms with Crippen molar-refractivity contribution in [2.45, 2.75) is 42.7 Å². The average Bonchev–Trinajstić information content (AvgIpc) is 3.37. The van der Waals surface area contributed by atoms with Gasteiger partial charge in [-0.15, -0.1) is 11.8 Å². The molecule has 3 heterocycles. The SMILES string of the molecule is CC1NNC(C2CNC(C(=O)NC3CN(C)N(Cc4ccccc4)C3)C2)S1. The van der Waals surface area contributed by atoms with E-state index in [2.05, 4.69) is 69.7 Å². The van der Waals surface area contributed by atoms with E-state index >= 15 is 0 Å². The van der Waals surface area contributed by atoms with E-state index in [4.69, 9.17) is 0 Å². The summed E-state index contributed by atoms with van der Waals surface area (Å²) in [5.74, 6) is 0.616. The van der Waals surface area contributed by atoms with Crippen molar-refractivity contribution in [2.75, 3.05) is 26.7 Å². The Morgan fingerprint density at radius 2 is 2.07 bits per heavy atom. The van der Waals surface area contributed by atoms with Crippen LogP contribution in [0.15, 0.2) is 30.3 Å². The summed E-state index contributed by atoms with van der Waals surface area (Å²) in [5, 5.41) is 12.0. The second-order valence-electron chi connectivity index (χ2n) is 7.82. The fourth-order valence-electron chi connectivity index (χ4n) is 4.17. The van der Waals surface area contributed by atoms with Crippen LogP contribution in [0.3, 0.4) is 0 Å². The lowest BCUT2D eigenvalue weighted by Crippen LogP contribution is -2.47. The molecule has 5 unspecified atom stereocenters. The van der Waals surface area contributed by atoms with E-state index in [-0.39, 0.29) is 18.0 Å². The van der Waals surface area contributed by atoms with Gasteiger partial charge in [0.25, 0.3) is 0 Å². The molecule has 1 aromatic rings. The molecule has 1 aromatic carbocycles. The molecule has 0 spiro atoms. The number of thioether (sulfide) groups is 1. The summed E-state index contributed by atoms with van der Waals surface area (Å²) in [6, 6.07) is 10.6. The van der Waals surface area contributed by atoms with Crippen LogP contribution in [0.25, 0.3) is 0 Å². The predicted molar refractivity (Wildman–Crippen MR) is 108 cm³/mol. The number of hydrogen-bond acceptors (Lipinski definition) is 7. The second kappa shape index (κ2) is 8.46. The van der Waals surface area contributed by atoms with Crippen molar-refractivity contribution in [1.29, 1.82) is 0 Å². The molecule has 0 aliphatic carbocycles. The van der Waals surface area contributed by atoms with Gasteiger partial charge in [-0.1, -0.05) is 30.3 Å². The Balaban J connectivity index is 1.25. The lowest BCUT2D eigenvalue weighted by Gasteiger charge is -2.23. The van der Waals surface area contributed by atoms with E-state index in [0.29, 0.717) is 16.7 Å². The fourth-order valence-corrected chi connectivity index (χ4v) is 5.31. The van der Waals surface area contributed by atoms with E-state index in [1.54, 1.807) is 0 Å². The Bertz CT molecular complexity index is 646. The van der Waals surface area contributed by atoms with Crippen LogP contribution in [0.5, 0.6) is 0 Å². The Morgan fingerprint density at radius 3 is 2.81 bits per heavy atom. The molecule has 148 valence electrons. The van der Waals surface area contributed by atoms with Crippen molar-refractivity contribution in [2.24, 2.45) is 5.92 Å². The second-order valence-corrected chi connectivity index (χ2v) is 9.31. The summed E-state index contributed by atoms with van der Waals surface area (Å²) < 4.78 is 0. The highest BCUT2D eigenvalue weighted by Gasteiger charge is 2.38. The molecule has 4 N–H and O–H groups in total. The Hall–Kier alpha value is -1.16. The van der Waals surface area contributed by atoms with Gasteiger partial charge in [-0.3, -0.25) is 4.79 Å². The van der Waals surface area contributed by atoms with Crippen molar-refractivity contribution in [3.8, 4) is 0 Å². The normalized spacial score (nSPS) is 35.0. The largest absolute Gasteiger partial charge is 0.349 e. The van der Waals surface area contributed by atoms with Crippen molar-refractivity contribution in [3.05, 3.63) is 35.9 Å². The molecule has 0 bridgehead atoms. The third-order valence-electron chi connectivity index (χ3n) is 5.64. The number of likely N-dealkylation sites (N-methyl/N-ethyl adjacent to an activating group) is 1.